The molecule has 3 heterocycles. The summed E-state index contributed by atoms with van der Waals surface area (Å²) in [6.45, 7) is 2.25. The van der Waals surface area contributed by atoms with Crippen LogP contribution in [0.2, 0.25) is 5.02 Å². The third-order valence-corrected chi connectivity index (χ3v) is 7.63. The molecule has 2 aromatic rings. The van der Waals surface area contributed by atoms with Gasteiger partial charge < -0.3 is 5.11 Å². The van der Waals surface area contributed by atoms with Crippen LogP contribution in [-0.2, 0) is 0 Å². The number of halogens is 1. The topological polar surface area (TPSA) is 33.1 Å². The molecule has 0 spiro atoms. The molecule has 0 saturated heterocycles. The number of hydrogen-bond donors (Lipinski definition) is 1. The zero-order chi connectivity index (χ0) is 18.1. The highest BCUT2D eigenvalue weighted by atomic mass is 35.5. The van der Waals surface area contributed by atoms with Gasteiger partial charge in [0.15, 0.2) is 0 Å². The van der Waals surface area contributed by atoms with E-state index < -0.39 is 6.10 Å². The molecule has 1 aromatic carbocycles. The number of aliphatic hydroxyl groups is 1. The lowest BCUT2D eigenvalue weighted by Crippen LogP contribution is -2.11. The first-order chi connectivity index (χ1) is 12.6. The Kier molecular flexibility index (Phi) is 5.46. The van der Waals surface area contributed by atoms with Crippen LogP contribution in [0.4, 0.5) is 0 Å². The van der Waals surface area contributed by atoms with Gasteiger partial charge in [-0.25, -0.2) is 0 Å². The van der Waals surface area contributed by atoms with Crippen molar-refractivity contribution in [2.75, 3.05) is 5.75 Å². The summed E-state index contributed by atoms with van der Waals surface area (Å²) in [4.78, 5) is 6.76. The van der Waals surface area contributed by atoms with E-state index >= 15 is 0 Å². The van der Waals surface area contributed by atoms with Crippen LogP contribution in [0, 0.1) is 0 Å². The van der Waals surface area contributed by atoms with Gasteiger partial charge in [0.1, 0.15) is 6.10 Å². The number of aromatic nitrogens is 1. The van der Waals surface area contributed by atoms with Gasteiger partial charge in [0, 0.05) is 49.7 Å². The first-order valence-corrected chi connectivity index (χ1v) is 11.0. The van der Waals surface area contributed by atoms with Crippen molar-refractivity contribution >= 4 is 35.1 Å². The predicted octanol–water partition coefficient (Wildman–Crippen LogP) is 5.96. The number of thioether (sulfide) groups is 2. The van der Waals surface area contributed by atoms with Crippen LogP contribution >= 0.6 is 35.1 Å². The summed E-state index contributed by atoms with van der Waals surface area (Å²) in [5.74, 6) is 1.12. The molecular weight excluding hydrogens is 382 g/mol. The lowest BCUT2D eigenvalue weighted by molar-refractivity contribution is 0.209. The number of hydrogen-bond acceptors (Lipinski definition) is 4. The minimum Gasteiger partial charge on any atom is -0.384 e. The monoisotopic (exact) mass is 401 g/mol. The maximum atomic E-state index is 11.2. The molecule has 0 saturated carbocycles. The van der Waals surface area contributed by atoms with E-state index in [1.54, 1.807) is 12.4 Å². The second-order valence-electron chi connectivity index (χ2n) is 6.62. The molecule has 1 N–H and O–H groups in total. The zero-order valence-electron chi connectivity index (χ0n) is 14.4. The number of allylic oxidation sites excluding steroid dienone is 1. The Hall–Kier alpha value is -1.20. The molecule has 4 rings (SSSR count). The van der Waals surface area contributed by atoms with Gasteiger partial charge in [-0.1, -0.05) is 42.8 Å². The van der Waals surface area contributed by atoms with Crippen molar-refractivity contribution in [3.63, 3.8) is 0 Å². The Morgan fingerprint density at radius 2 is 2.04 bits per heavy atom. The van der Waals surface area contributed by atoms with E-state index in [0.717, 1.165) is 28.3 Å². The number of benzene rings is 1. The summed E-state index contributed by atoms with van der Waals surface area (Å²) in [6, 6.07) is 11.8. The maximum Gasteiger partial charge on any atom is 0.104 e. The Bertz CT molecular complexity index is 848. The smallest absolute Gasteiger partial charge is 0.104 e. The number of nitrogens with zero attached hydrogens (tertiary/aromatic N) is 1. The normalized spacial score (nSPS) is 24.0. The highest BCUT2D eigenvalue weighted by Crippen LogP contribution is 2.53. The van der Waals surface area contributed by atoms with Gasteiger partial charge in [0.2, 0.25) is 0 Å². The fourth-order valence-electron chi connectivity index (χ4n) is 3.45. The molecule has 1 aromatic heterocycles. The Labute approximate surface area is 167 Å². The quantitative estimate of drug-likeness (QED) is 0.684. The van der Waals surface area contributed by atoms with Gasteiger partial charge in [-0.15, -0.1) is 23.5 Å². The molecule has 0 fully saturated rings. The third kappa shape index (κ3) is 3.61. The molecule has 5 heteroatoms. The summed E-state index contributed by atoms with van der Waals surface area (Å²) < 4.78 is 0. The van der Waals surface area contributed by atoms with Gasteiger partial charge in [0.25, 0.3) is 0 Å². The molecule has 26 heavy (non-hydrogen) atoms. The lowest BCUT2D eigenvalue weighted by Gasteiger charge is -2.21. The molecular formula is C21H20ClNOS2. The van der Waals surface area contributed by atoms with Crippen LogP contribution in [0.15, 0.2) is 70.3 Å². The van der Waals surface area contributed by atoms with Gasteiger partial charge in [-0.3, -0.25) is 4.98 Å². The molecule has 0 amide bonds. The van der Waals surface area contributed by atoms with Crippen LogP contribution in [0.5, 0.6) is 0 Å². The molecule has 134 valence electrons. The first-order valence-electron chi connectivity index (χ1n) is 8.71. The van der Waals surface area contributed by atoms with Crippen molar-refractivity contribution in [1.29, 1.82) is 0 Å². The molecule has 3 unspecified atom stereocenters. The zero-order valence-corrected chi connectivity index (χ0v) is 16.8. The van der Waals surface area contributed by atoms with Crippen LogP contribution in [0.3, 0.4) is 0 Å². The standard InChI is InChI=1S/C21H20ClNOS2/c1-13-4-9-18(26-13)21-19(20(24)15-3-2-10-23-11-15)17(12-25-21)14-5-7-16(22)8-6-14/h2-3,5-11,13,17,20,24H,4,12H2,1H3. The molecule has 0 bridgehead atoms. The summed E-state index contributed by atoms with van der Waals surface area (Å²) in [6.07, 6.45) is 6.26. The van der Waals surface area contributed by atoms with E-state index in [9.17, 15) is 5.11 Å². The Balaban J connectivity index is 1.77. The summed E-state index contributed by atoms with van der Waals surface area (Å²) in [5.41, 5.74) is 3.14. The van der Waals surface area contributed by atoms with Crippen LogP contribution in [0.25, 0.3) is 0 Å². The molecule has 2 nitrogen and oxygen atoms in total. The fourth-order valence-corrected chi connectivity index (χ4v) is 6.29. The molecule has 3 atom stereocenters. The minimum atomic E-state index is -0.646. The average molecular weight is 402 g/mol. The maximum absolute atomic E-state index is 11.2. The number of rotatable bonds is 4. The van der Waals surface area contributed by atoms with Gasteiger partial charge in [-0.2, -0.15) is 0 Å². The van der Waals surface area contributed by atoms with E-state index in [1.807, 2.05) is 47.8 Å². The van der Waals surface area contributed by atoms with Crippen molar-refractivity contribution in [3.8, 4) is 0 Å². The van der Waals surface area contributed by atoms with Crippen LogP contribution < -0.4 is 0 Å². The largest absolute Gasteiger partial charge is 0.384 e. The van der Waals surface area contributed by atoms with Crippen molar-refractivity contribution in [2.45, 2.75) is 30.6 Å². The molecule has 0 aliphatic carbocycles. The van der Waals surface area contributed by atoms with E-state index in [-0.39, 0.29) is 5.92 Å². The van der Waals surface area contributed by atoms with Gasteiger partial charge in [0.05, 0.1) is 0 Å². The lowest BCUT2D eigenvalue weighted by atomic mass is 9.86. The van der Waals surface area contributed by atoms with Gasteiger partial charge >= 0.3 is 0 Å². The second-order valence-corrected chi connectivity index (χ2v) is 9.57. The SMILES string of the molecule is CC1CC=C(C2=C(C(O)c3cccnc3)C(c3ccc(Cl)cc3)CS2)S1. The predicted molar refractivity (Wildman–Crippen MR) is 113 cm³/mol. The van der Waals surface area contributed by atoms with Crippen molar-refractivity contribution in [1.82, 2.24) is 4.98 Å². The number of aliphatic hydroxyl groups excluding tert-OH is 1. The van der Waals surface area contributed by atoms with E-state index in [0.29, 0.717) is 5.25 Å². The van der Waals surface area contributed by atoms with Crippen molar-refractivity contribution in [2.24, 2.45) is 0 Å². The second kappa shape index (κ2) is 7.81. The van der Waals surface area contributed by atoms with E-state index in [1.165, 1.54) is 15.4 Å². The van der Waals surface area contributed by atoms with Crippen molar-refractivity contribution in [3.05, 3.63) is 86.4 Å². The highest BCUT2D eigenvalue weighted by molar-refractivity contribution is 8.08. The first kappa shape index (κ1) is 18.2. The number of pyridine rings is 1. The summed E-state index contributed by atoms with van der Waals surface area (Å²) >= 11 is 9.84. The van der Waals surface area contributed by atoms with Gasteiger partial charge in [-0.05, 0) is 35.8 Å². The highest BCUT2D eigenvalue weighted by Gasteiger charge is 2.35. The third-order valence-electron chi connectivity index (χ3n) is 4.79. The summed E-state index contributed by atoms with van der Waals surface area (Å²) in [5, 5.41) is 12.6. The Morgan fingerprint density at radius 3 is 2.69 bits per heavy atom. The van der Waals surface area contributed by atoms with E-state index in [4.69, 9.17) is 11.6 Å². The van der Waals surface area contributed by atoms with Crippen LogP contribution in [-0.4, -0.2) is 21.1 Å². The molecule has 2 aliphatic rings. The fraction of sp³-hybridized carbons (Fsp3) is 0.286. The Morgan fingerprint density at radius 1 is 1.23 bits per heavy atom. The molecule has 2 aliphatic heterocycles. The van der Waals surface area contributed by atoms with E-state index in [2.05, 4.69) is 30.1 Å². The average Bonchev–Trinajstić information content (AvgIpc) is 3.28. The van der Waals surface area contributed by atoms with Crippen molar-refractivity contribution < 1.29 is 5.11 Å². The minimum absolute atomic E-state index is 0.180. The van der Waals surface area contributed by atoms with Crippen LogP contribution in [0.1, 0.15) is 36.5 Å². The summed E-state index contributed by atoms with van der Waals surface area (Å²) in [7, 11) is 0. The molecule has 0 radical (unpaired) electrons.